The van der Waals surface area contributed by atoms with Crippen LogP contribution in [0.2, 0.25) is 0 Å². The van der Waals surface area contributed by atoms with Gasteiger partial charge in [0.25, 0.3) is 0 Å². The molecule has 0 spiro atoms. The summed E-state index contributed by atoms with van der Waals surface area (Å²) in [5.41, 5.74) is 0. The van der Waals surface area contributed by atoms with Gasteiger partial charge in [-0.25, -0.2) is 0 Å². The van der Waals surface area contributed by atoms with Crippen molar-refractivity contribution >= 4 is 5.91 Å². The molecule has 2 unspecified atom stereocenters. The van der Waals surface area contributed by atoms with Crippen LogP contribution in [0.5, 0.6) is 0 Å². The third-order valence-corrected chi connectivity index (χ3v) is 6.52. The first-order chi connectivity index (χ1) is 16.2. The molecule has 0 aliphatic heterocycles. The highest BCUT2D eigenvalue weighted by Gasteiger charge is 2.17. The Morgan fingerprint density at radius 2 is 1.12 bits per heavy atom. The van der Waals surface area contributed by atoms with Crippen LogP contribution < -0.4 is 5.32 Å². The highest BCUT2D eigenvalue weighted by Crippen LogP contribution is 2.12. The lowest BCUT2D eigenvalue weighted by molar-refractivity contribution is -0.123. The fourth-order valence-corrected chi connectivity index (χ4v) is 4.23. The summed E-state index contributed by atoms with van der Waals surface area (Å²) in [6, 6.07) is -0.611. The Bertz CT molecular complexity index is 439. The molecule has 1 amide bonds. The average molecular weight is 468 g/mol. The van der Waals surface area contributed by atoms with E-state index in [1.165, 1.54) is 103 Å². The topological polar surface area (TPSA) is 69.6 Å². The zero-order chi connectivity index (χ0) is 24.4. The maximum Gasteiger partial charge on any atom is 0.220 e. The lowest BCUT2D eigenvalue weighted by atomic mass is 10.0. The second-order valence-electron chi connectivity index (χ2n) is 9.82. The Hall–Kier alpha value is -0.870. The molecule has 0 heterocycles. The van der Waals surface area contributed by atoms with Crippen molar-refractivity contribution in [2.75, 3.05) is 6.61 Å². The summed E-state index contributed by atoms with van der Waals surface area (Å²) < 4.78 is 0. The van der Waals surface area contributed by atoms with Crippen molar-refractivity contribution in [3.8, 4) is 0 Å². The molecule has 0 aromatic heterocycles. The summed E-state index contributed by atoms with van der Waals surface area (Å²) in [5.74, 6) is -0.0690. The molecular weight excluding hydrogens is 410 g/mol. The van der Waals surface area contributed by atoms with E-state index in [1.807, 2.05) is 6.08 Å². The van der Waals surface area contributed by atoms with Gasteiger partial charge in [0, 0.05) is 6.42 Å². The van der Waals surface area contributed by atoms with Gasteiger partial charge in [0.2, 0.25) is 5.91 Å². The number of carbonyl (C=O) groups is 1. The van der Waals surface area contributed by atoms with Crippen LogP contribution in [0.3, 0.4) is 0 Å². The molecule has 0 radical (unpaired) electrons. The molecule has 33 heavy (non-hydrogen) atoms. The second-order valence-corrected chi connectivity index (χ2v) is 9.82. The summed E-state index contributed by atoms with van der Waals surface area (Å²) in [7, 11) is 0. The number of rotatable bonds is 25. The minimum absolute atomic E-state index is 0.0690. The minimum Gasteiger partial charge on any atom is -0.394 e. The molecule has 0 aromatic carbocycles. The normalized spacial score (nSPS) is 13.5. The molecule has 196 valence electrons. The zero-order valence-corrected chi connectivity index (χ0v) is 22.2. The SMILES string of the molecule is CCCCCCCCCC/C=C/C(O)C(CO)NC(=O)CCCCCCCCCCCCC. The van der Waals surface area contributed by atoms with Crippen LogP contribution in [-0.4, -0.2) is 34.9 Å². The van der Waals surface area contributed by atoms with E-state index in [-0.39, 0.29) is 12.5 Å². The first-order valence-corrected chi connectivity index (χ1v) is 14.4. The maximum atomic E-state index is 12.2. The molecule has 0 saturated carbocycles. The van der Waals surface area contributed by atoms with Gasteiger partial charge >= 0.3 is 0 Å². The monoisotopic (exact) mass is 467 g/mol. The van der Waals surface area contributed by atoms with Crippen molar-refractivity contribution in [1.29, 1.82) is 0 Å². The lowest BCUT2D eigenvalue weighted by Crippen LogP contribution is -2.45. The van der Waals surface area contributed by atoms with Crippen molar-refractivity contribution < 1.29 is 15.0 Å². The van der Waals surface area contributed by atoms with Gasteiger partial charge in [-0.3, -0.25) is 4.79 Å². The van der Waals surface area contributed by atoms with E-state index in [4.69, 9.17) is 0 Å². The fraction of sp³-hybridized carbons (Fsp3) is 0.897. The summed E-state index contributed by atoms with van der Waals surface area (Å²) in [6.07, 6.45) is 28.5. The van der Waals surface area contributed by atoms with E-state index in [9.17, 15) is 15.0 Å². The Kier molecular flexibility index (Phi) is 25.1. The molecule has 4 heteroatoms. The summed E-state index contributed by atoms with van der Waals surface area (Å²) in [4.78, 5) is 12.2. The smallest absolute Gasteiger partial charge is 0.220 e. The van der Waals surface area contributed by atoms with Crippen molar-refractivity contribution in [3.63, 3.8) is 0 Å². The quantitative estimate of drug-likeness (QED) is 0.0955. The van der Waals surface area contributed by atoms with E-state index >= 15 is 0 Å². The fourth-order valence-electron chi connectivity index (χ4n) is 4.23. The van der Waals surface area contributed by atoms with Crippen LogP contribution in [0.4, 0.5) is 0 Å². The van der Waals surface area contributed by atoms with Crippen LogP contribution in [0.25, 0.3) is 0 Å². The van der Waals surface area contributed by atoms with E-state index in [0.29, 0.717) is 6.42 Å². The Morgan fingerprint density at radius 3 is 1.58 bits per heavy atom. The first kappa shape index (κ1) is 32.1. The van der Waals surface area contributed by atoms with Gasteiger partial charge in [0.15, 0.2) is 0 Å². The Morgan fingerprint density at radius 1 is 0.697 bits per heavy atom. The number of hydrogen-bond acceptors (Lipinski definition) is 3. The highest BCUT2D eigenvalue weighted by atomic mass is 16.3. The predicted molar refractivity (Wildman–Crippen MR) is 142 cm³/mol. The van der Waals surface area contributed by atoms with Gasteiger partial charge in [-0.2, -0.15) is 0 Å². The predicted octanol–water partition coefficient (Wildman–Crippen LogP) is 7.61. The molecule has 0 fully saturated rings. The number of nitrogens with one attached hydrogen (secondary N) is 1. The van der Waals surface area contributed by atoms with Crippen LogP contribution in [-0.2, 0) is 4.79 Å². The molecule has 0 bridgehead atoms. The largest absolute Gasteiger partial charge is 0.394 e. The van der Waals surface area contributed by atoms with Gasteiger partial charge in [0.05, 0.1) is 18.8 Å². The molecule has 4 nitrogen and oxygen atoms in total. The Labute approximate surface area is 206 Å². The summed E-state index contributed by atoms with van der Waals surface area (Å²) in [6.45, 7) is 4.25. The average Bonchev–Trinajstić information content (AvgIpc) is 2.82. The van der Waals surface area contributed by atoms with E-state index in [1.54, 1.807) is 6.08 Å². The minimum atomic E-state index is -0.828. The van der Waals surface area contributed by atoms with Crippen LogP contribution in [0.1, 0.15) is 149 Å². The van der Waals surface area contributed by atoms with Crippen molar-refractivity contribution in [1.82, 2.24) is 5.32 Å². The van der Waals surface area contributed by atoms with Gasteiger partial charge in [0.1, 0.15) is 0 Å². The number of aliphatic hydroxyl groups excluding tert-OH is 2. The molecule has 0 aliphatic rings. The van der Waals surface area contributed by atoms with Crippen molar-refractivity contribution in [2.24, 2.45) is 0 Å². The Balaban J connectivity index is 3.70. The lowest BCUT2D eigenvalue weighted by Gasteiger charge is -2.20. The molecular formula is C29H57NO3. The molecule has 0 rings (SSSR count). The molecule has 3 N–H and O–H groups in total. The number of amides is 1. The van der Waals surface area contributed by atoms with Gasteiger partial charge in [-0.1, -0.05) is 135 Å². The maximum absolute atomic E-state index is 12.2. The van der Waals surface area contributed by atoms with Gasteiger partial charge in [-0.05, 0) is 19.3 Å². The standard InChI is InChI=1S/C29H57NO3/c1-3-5-7-9-11-13-15-17-19-21-23-25-29(33)30-27(26-31)28(32)24-22-20-18-16-14-12-10-8-6-4-2/h22,24,27-28,31-32H,3-21,23,25-26H2,1-2H3,(H,30,33)/b24-22+. The molecule has 0 saturated heterocycles. The number of hydrogen-bond donors (Lipinski definition) is 3. The summed E-state index contributed by atoms with van der Waals surface area (Å²) in [5, 5.41) is 22.6. The highest BCUT2D eigenvalue weighted by molar-refractivity contribution is 5.76. The van der Waals surface area contributed by atoms with Gasteiger partial charge < -0.3 is 15.5 Å². The third kappa shape index (κ3) is 22.7. The third-order valence-electron chi connectivity index (χ3n) is 6.52. The molecule has 2 atom stereocenters. The number of carbonyl (C=O) groups excluding carboxylic acids is 1. The summed E-state index contributed by atoms with van der Waals surface area (Å²) >= 11 is 0. The van der Waals surface area contributed by atoms with E-state index < -0.39 is 12.1 Å². The second kappa shape index (κ2) is 25.7. The van der Waals surface area contributed by atoms with Crippen molar-refractivity contribution in [3.05, 3.63) is 12.2 Å². The van der Waals surface area contributed by atoms with E-state index in [0.717, 1.165) is 25.7 Å². The van der Waals surface area contributed by atoms with Crippen LogP contribution in [0.15, 0.2) is 12.2 Å². The number of allylic oxidation sites excluding steroid dienone is 1. The number of unbranched alkanes of at least 4 members (excludes halogenated alkanes) is 18. The zero-order valence-electron chi connectivity index (χ0n) is 22.2. The van der Waals surface area contributed by atoms with Gasteiger partial charge in [-0.15, -0.1) is 0 Å². The van der Waals surface area contributed by atoms with Crippen LogP contribution >= 0.6 is 0 Å². The molecule has 0 aliphatic carbocycles. The first-order valence-electron chi connectivity index (χ1n) is 14.4. The van der Waals surface area contributed by atoms with Crippen molar-refractivity contribution in [2.45, 2.75) is 161 Å². The molecule has 0 aromatic rings. The van der Waals surface area contributed by atoms with Crippen LogP contribution in [0, 0.1) is 0 Å². The van der Waals surface area contributed by atoms with E-state index in [2.05, 4.69) is 19.2 Å². The number of aliphatic hydroxyl groups is 2.